The van der Waals surface area contributed by atoms with Gasteiger partial charge in [-0.2, -0.15) is 4.31 Å². The summed E-state index contributed by atoms with van der Waals surface area (Å²) in [6.07, 6.45) is 2.92. The monoisotopic (exact) mass is 394 g/mol. The van der Waals surface area contributed by atoms with Gasteiger partial charge in [0.1, 0.15) is 4.90 Å². The molecule has 0 aromatic heterocycles. The van der Waals surface area contributed by atoms with Gasteiger partial charge in [-0.15, -0.1) is 0 Å². The number of nitrogens with zero attached hydrogens (tertiary/aromatic N) is 1. The molecule has 1 N–H and O–H groups in total. The average molecular weight is 396 g/mol. The molecule has 4 nitrogen and oxygen atoms in total. The van der Waals surface area contributed by atoms with Gasteiger partial charge in [0.25, 0.3) is 0 Å². The van der Waals surface area contributed by atoms with Crippen LogP contribution in [-0.4, -0.2) is 39.4 Å². The van der Waals surface area contributed by atoms with E-state index in [2.05, 4.69) is 21.2 Å². The Bertz CT molecular complexity index is 587. The number of sulfonamides is 1. The van der Waals surface area contributed by atoms with Crippen LogP contribution >= 0.6 is 27.5 Å². The van der Waals surface area contributed by atoms with Gasteiger partial charge in [-0.25, -0.2) is 8.42 Å². The van der Waals surface area contributed by atoms with Crippen LogP contribution in [0.15, 0.2) is 27.6 Å². The number of nitrogens with one attached hydrogen (secondary N) is 1. The first-order valence-electron chi connectivity index (χ1n) is 7.05. The summed E-state index contributed by atoms with van der Waals surface area (Å²) < 4.78 is 27.5. The molecule has 0 aliphatic carbocycles. The van der Waals surface area contributed by atoms with Gasteiger partial charge in [-0.05, 0) is 66.8 Å². The smallest absolute Gasteiger partial charge is 0.244 e. The van der Waals surface area contributed by atoms with E-state index in [-0.39, 0.29) is 9.92 Å². The fourth-order valence-corrected chi connectivity index (χ4v) is 5.08. The van der Waals surface area contributed by atoms with E-state index in [0.29, 0.717) is 23.5 Å². The molecule has 0 radical (unpaired) electrons. The van der Waals surface area contributed by atoms with E-state index in [1.54, 1.807) is 22.5 Å². The Kier molecular flexibility index (Phi) is 6.08. The van der Waals surface area contributed by atoms with Crippen LogP contribution in [0.25, 0.3) is 0 Å². The summed E-state index contributed by atoms with van der Waals surface area (Å²) in [6.45, 7) is 2.12. The summed E-state index contributed by atoms with van der Waals surface area (Å²) in [5.41, 5.74) is 0. The minimum absolute atomic E-state index is 0.187. The van der Waals surface area contributed by atoms with Gasteiger partial charge >= 0.3 is 0 Å². The van der Waals surface area contributed by atoms with Crippen molar-refractivity contribution in [3.63, 3.8) is 0 Å². The highest BCUT2D eigenvalue weighted by Crippen LogP contribution is 2.33. The molecule has 0 spiro atoms. The van der Waals surface area contributed by atoms with Gasteiger partial charge in [0.05, 0.1) is 5.02 Å². The standard InChI is InChI=1S/C14H20BrClN2O2S/c1-17-8-5-11-6-9-18(10-7-11)21(19,20)13-4-2-3-12(15)14(13)16/h2-4,11,17H,5-10H2,1H3. The second-order valence-electron chi connectivity index (χ2n) is 5.29. The van der Waals surface area contributed by atoms with Crippen molar-refractivity contribution in [2.24, 2.45) is 5.92 Å². The lowest BCUT2D eigenvalue weighted by atomic mass is 9.95. The lowest BCUT2D eigenvalue weighted by molar-refractivity contribution is 0.263. The number of hydrogen-bond acceptors (Lipinski definition) is 3. The van der Waals surface area contributed by atoms with Crippen LogP contribution in [0.5, 0.6) is 0 Å². The third-order valence-electron chi connectivity index (χ3n) is 3.91. The molecule has 1 aromatic rings. The Hall–Kier alpha value is -0.140. The van der Waals surface area contributed by atoms with Crippen molar-refractivity contribution in [2.75, 3.05) is 26.7 Å². The van der Waals surface area contributed by atoms with Gasteiger partial charge in [-0.3, -0.25) is 0 Å². The first-order chi connectivity index (χ1) is 9.96. The Morgan fingerprint density at radius 1 is 1.38 bits per heavy atom. The van der Waals surface area contributed by atoms with Gasteiger partial charge in [0, 0.05) is 17.6 Å². The van der Waals surface area contributed by atoms with Gasteiger partial charge in [0.2, 0.25) is 10.0 Å². The quantitative estimate of drug-likeness (QED) is 0.833. The molecule has 0 saturated carbocycles. The molecule has 0 amide bonds. The van der Waals surface area contributed by atoms with Crippen LogP contribution in [0.4, 0.5) is 0 Å². The normalized spacial score (nSPS) is 18.0. The maximum atomic E-state index is 12.7. The summed E-state index contributed by atoms with van der Waals surface area (Å²) >= 11 is 9.41. The molecule has 7 heteroatoms. The third kappa shape index (κ3) is 3.99. The number of halogens is 2. The summed E-state index contributed by atoms with van der Waals surface area (Å²) in [5, 5.41) is 3.40. The van der Waals surface area contributed by atoms with Crippen molar-refractivity contribution in [3.8, 4) is 0 Å². The minimum Gasteiger partial charge on any atom is -0.320 e. The summed E-state index contributed by atoms with van der Waals surface area (Å²) in [6, 6.07) is 5.00. The molecule has 1 fully saturated rings. The number of hydrogen-bond donors (Lipinski definition) is 1. The van der Waals surface area contributed by atoms with E-state index in [4.69, 9.17) is 11.6 Å². The summed E-state index contributed by atoms with van der Waals surface area (Å²) in [4.78, 5) is 0.187. The molecule has 0 atom stereocenters. The molecule has 1 aromatic carbocycles. The van der Waals surface area contributed by atoms with E-state index in [0.717, 1.165) is 25.8 Å². The highest BCUT2D eigenvalue weighted by Gasteiger charge is 2.31. The van der Waals surface area contributed by atoms with Crippen LogP contribution in [0, 0.1) is 5.92 Å². The fraction of sp³-hybridized carbons (Fsp3) is 0.571. The lowest BCUT2D eigenvalue weighted by Gasteiger charge is -2.31. The maximum absolute atomic E-state index is 12.7. The molecule has 1 saturated heterocycles. The Morgan fingerprint density at radius 3 is 2.67 bits per heavy atom. The van der Waals surface area contributed by atoms with Crippen molar-refractivity contribution in [1.29, 1.82) is 0 Å². The zero-order chi connectivity index (χ0) is 15.5. The Morgan fingerprint density at radius 2 is 2.05 bits per heavy atom. The number of benzene rings is 1. The number of rotatable bonds is 5. The lowest BCUT2D eigenvalue weighted by Crippen LogP contribution is -2.39. The predicted molar refractivity (Wildman–Crippen MR) is 89.2 cm³/mol. The topological polar surface area (TPSA) is 49.4 Å². The van der Waals surface area contributed by atoms with E-state index in [1.165, 1.54) is 0 Å². The average Bonchev–Trinajstić information content (AvgIpc) is 2.48. The van der Waals surface area contributed by atoms with E-state index in [1.807, 2.05) is 7.05 Å². The van der Waals surface area contributed by atoms with E-state index < -0.39 is 10.0 Å². The van der Waals surface area contributed by atoms with Crippen molar-refractivity contribution in [1.82, 2.24) is 9.62 Å². The van der Waals surface area contributed by atoms with Gasteiger partial charge < -0.3 is 5.32 Å². The molecule has 0 bridgehead atoms. The second-order valence-corrected chi connectivity index (χ2v) is 8.43. The zero-order valence-corrected chi connectivity index (χ0v) is 15.1. The first-order valence-corrected chi connectivity index (χ1v) is 9.66. The molecule has 1 aliphatic rings. The Balaban J connectivity index is 2.10. The highest BCUT2D eigenvalue weighted by atomic mass is 79.9. The summed E-state index contributed by atoms with van der Waals surface area (Å²) in [7, 11) is -1.56. The molecule has 0 unspecified atom stereocenters. The Labute approximate surface area is 140 Å². The van der Waals surface area contributed by atoms with E-state index in [9.17, 15) is 8.42 Å². The highest BCUT2D eigenvalue weighted by molar-refractivity contribution is 9.10. The first kappa shape index (κ1) is 17.2. The molecular formula is C14H20BrClN2O2S. The van der Waals surface area contributed by atoms with E-state index >= 15 is 0 Å². The maximum Gasteiger partial charge on any atom is 0.244 e. The third-order valence-corrected chi connectivity index (χ3v) is 7.26. The van der Waals surface area contributed by atoms with Crippen molar-refractivity contribution in [3.05, 3.63) is 27.7 Å². The molecule has 118 valence electrons. The van der Waals surface area contributed by atoms with Crippen molar-refractivity contribution in [2.45, 2.75) is 24.2 Å². The van der Waals surface area contributed by atoms with Gasteiger partial charge in [0.15, 0.2) is 0 Å². The molecule has 2 rings (SSSR count). The van der Waals surface area contributed by atoms with Crippen molar-refractivity contribution < 1.29 is 8.42 Å². The predicted octanol–water partition coefficient (Wildman–Crippen LogP) is 3.11. The largest absolute Gasteiger partial charge is 0.320 e. The van der Waals surface area contributed by atoms with Crippen LogP contribution in [-0.2, 0) is 10.0 Å². The SMILES string of the molecule is CNCCC1CCN(S(=O)(=O)c2cccc(Br)c2Cl)CC1. The van der Waals surface area contributed by atoms with Crippen LogP contribution < -0.4 is 5.32 Å². The minimum atomic E-state index is -3.50. The molecule has 1 heterocycles. The number of piperidine rings is 1. The molecular weight excluding hydrogens is 376 g/mol. The van der Waals surface area contributed by atoms with Crippen molar-refractivity contribution >= 4 is 37.6 Å². The van der Waals surface area contributed by atoms with Crippen LogP contribution in [0.1, 0.15) is 19.3 Å². The molecule has 21 heavy (non-hydrogen) atoms. The second kappa shape index (κ2) is 7.42. The zero-order valence-electron chi connectivity index (χ0n) is 12.0. The van der Waals surface area contributed by atoms with Crippen LogP contribution in [0.3, 0.4) is 0 Å². The van der Waals surface area contributed by atoms with Gasteiger partial charge in [-0.1, -0.05) is 17.7 Å². The molecule has 1 aliphatic heterocycles. The van der Waals surface area contributed by atoms with Crippen LogP contribution in [0.2, 0.25) is 5.02 Å². The fourth-order valence-electron chi connectivity index (χ4n) is 2.61. The summed E-state index contributed by atoms with van der Waals surface area (Å²) in [5.74, 6) is 0.599.